The number of nitrogens with zero attached hydrogens (tertiary/aromatic N) is 3. The number of carbonyl (C=O) groups is 1. The first-order valence-electron chi connectivity index (χ1n) is 9.88. The van der Waals surface area contributed by atoms with Crippen LogP contribution in [0, 0.1) is 6.92 Å². The lowest BCUT2D eigenvalue weighted by molar-refractivity contribution is -0.143. The topological polar surface area (TPSA) is 90.4 Å². The van der Waals surface area contributed by atoms with Crippen LogP contribution in [-0.2, 0) is 30.2 Å². The van der Waals surface area contributed by atoms with Crippen molar-refractivity contribution in [2.24, 2.45) is 0 Å². The minimum atomic E-state index is -5.00. The van der Waals surface area contributed by atoms with Crippen LogP contribution in [0.5, 0.6) is 5.75 Å². The van der Waals surface area contributed by atoms with E-state index in [-0.39, 0.29) is 30.5 Å². The lowest BCUT2D eigenvalue weighted by Crippen LogP contribution is -2.13. The normalized spacial score (nSPS) is 12.3. The summed E-state index contributed by atoms with van der Waals surface area (Å²) in [6, 6.07) is 5.76. The average molecular weight is 499 g/mol. The zero-order valence-corrected chi connectivity index (χ0v) is 17.7. The summed E-state index contributed by atoms with van der Waals surface area (Å²) in [5.74, 6) is -0.698. The van der Waals surface area contributed by atoms with Gasteiger partial charge in [0.2, 0.25) is 0 Å². The van der Waals surface area contributed by atoms with Gasteiger partial charge in [0.25, 0.3) is 0 Å². The third kappa shape index (κ3) is 5.23. The summed E-state index contributed by atoms with van der Waals surface area (Å²) in [5.41, 5.74) is -2.20. The standard InChI is InChI=1S/C22H15F6N3O4/c1-11-18(10-34-16-2-3-17-12(4-20(32)33)9-35-19(17)8-16)30-31(29-11)15-6-13(21(23,24)25)5-14(7-15)22(26,27)28/h2-3,5-9H,4,10H2,1H3,(H,32,33). The second kappa shape index (κ2) is 8.64. The van der Waals surface area contributed by atoms with Crippen molar-refractivity contribution in [3.8, 4) is 11.4 Å². The Bertz CT molecular complexity index is 1370. The molecule has 0 aliphatic heterocycles. The third-order valence-electron chi connectivity index (χ3n) is 5.03. The number of aromatic nitrogens is 3. The van der Waals surface area contributed by atoms with Crippen LogP contribution in [0.1, 0.15) is 28.1 Å². The van der Waals surface area contributed by atoms with Gasteiger partial charge in [-0.2, -0.15) is 36.2 Å². The fraction of sp³-hybridized carbons (Fsp3) is 0.227. The molecule has 2 aromatic heterocycles. The summed E-state index contributed by atoms with van der Waals surface area (Å²) in [6.07, 6.45) is -8.90. The van der Waals surface area contributed by atoms with E-state index in [2.05, 4.69) is 10.2 Å². The maximum absolute atomic E-state index is 13.1. The van der Waals surface area contributed by atoms with Crippen LogP contribution in [0.15, 0.2) is 47.1 Å². The van der Waals surface area contributed by atoms with Crippen LogP contribution in [0.3, 0.4) is 0 Å². The fourth-order valence-electron chi connectivity index (χ4n) is 3.32. The Morgan fingerprint density at radius 1 is 1.03 bits per heavy atom. The highest BCUT2D eigenvalue weighted by molar-refractivity contribution is 5.86. The SMILES string of the molecule is Cc1nn(-c2cc(C(F)(F)F)cc(C(F)(F)F)c2)nc1COc1ccc2c(CC(=O)O)coc2c1. The number of hydrogen-bond donors (Lipinski definition) is 1. The van der Waals surface area contributed by atoms with Crippen LogP contribution in [-0.4, -0.2) is 26.1 Å². The minimum absolute atomic E-state index is 0.0243. The van der Waals surface area contributed by atoms with E-state index in [1.165, 1.54) is 19.3 Å². The molecule has 1 N–H and O–H groups in total. The Balaban J connectivity index is 1.58. The molecule has 0 aliphatic carbocycles. The van der Waals surface area contributed by atoms with E-state index in [1.54, 1.807) is 12.1 Å². The van der Waals surface area contributed by atoms with E-state index in [9.17, 15) is 31.1 Å². The van der Waals surface area contributed by atoms with Gasteiger partial charge in [0.05, 0.1) is 35.2 Å². The summed E-state index contributed by atoms with van der Waals surface area (Å²) < 4.78 is 89.8. The third-order valence-corrected chi connectivity index (χ3v) is 5.03. The Hall–Kier alpha value is -4.03. The summed E-state index contributed by atoms with van der Waals surface area (Å²) in [4.78, 5) is 11.6. The number of alkyl halides is 6. The van der Waals surface area contributed by atoms with Crippen LogP contribution in [0.2, 0.25) is 0 Å². The molecule has 0 radical (unpaired) electrons. The summed E-state index contributed by atoms with van der Waals surface area (Å²) in [6.45, 7) is 1.29. The molecule has 184 valence electrons. The van der Waals surface area contributed by atoms with E-state index < -0.39 is 35.1 Å². The molecule has 0 saturated heterocycles. The highest BCUT2D eigenvalue weighted by Crippen LogP contribution is 2.37. The maximum atomic E-state index is 13.1. The summed E-state index contributed by atoms with van der Waals surface area (Å²) >= 11 is 0. The number of ether oxygens (including phenoxy) is 1. The van der Waals surface area contributed by atoms with E-state index in [4.69, 9.17) is 14.3 Å². The van der Waals surface area contributed by atoms with Crippen molar-refractivity contribution in [2.75, 3.05) is 0 Å². The van der Waals surface area contributed by atoms with Gasteiger partial charge in [0, 0.05) is 17.0 Å². The molecule has 2 heterocycles. The van der Waals surface area contributed by atoms with Crippen LogP contribution >= 0.6 is 0 Å². The van der Waals surface area contributed by atoms with Crippen molar-refractivity contribution in [1.82, 2.24) is 15.0 Å². The number of benzene rings is 2. The Labute approximate surface area is 192 Å². The van der Waals surface area contributed by atoms with Crippen molar-refractivity contribution in [1.29, 1.82) is 0 Å². The quantitative estimate of drug-likeness (QED) is 0.349. The van der Waals surface area contributed by atoms with Crippen molar-refractivity contribution in [2.45, 2.75) is 32.3 Å². The average Bonchev–Trinajstić information content (AvgIpc) is 3.33. The number of halogens is 6. The molecule has 4 aromatic rings. The van der Waals surface area contributed by atoms with E-state index in [0.717, 1.165) is 0 Å². The number of aryl methyl sites for hydroxylation is 1. The molecule has 13 heteroatoms. The van der Waals surface area contributed by atoms with Gasteiger partial charge in [-0.05, 0) is 37.3 Å². The molecule has 0 saturated carbocycles. The van der Waals surface area contributed by atoms with Crippen LogP contribution in [0.4, 0.5) is 26.3 Å². The van der Waals surface area contributed by atoms with Crippen molar-refractivity contribution in [3.05, 3.63) is 70.7 Å². The highest BCUT2D eigenvalue weighted by Gasteiger charge is 2.37. The summed E-state index contributed by atoms with van der Waals surface area (Å²) in [5, 5.41) is 17.5. The molecular formula is C22H15F6N3O4. The smallest absolute Gasteiger partial charge is 0.416 e. The molecule has 0 atom stereocenters. The van der Waals surface area contributed by atoms with Gasteiger partial charge in [-0.15, -0.1) is 5.10 Å². The number of carboxylic acids is 1. The van der Waals surface area contributed by atoms with Gasteiger partial charge < -0.3 is 14.3 Å². The van der Waals surface area contributed by atoms with Gasteiger partial charge in [-0.1, -0.05) is 0 Å². The molecule has 4 rings (SSSR count). The van der Waals surface area contributed by atoms with Gasteiger partial charge in [-0.25, -0.2) is 0 Å². The first kappa shape index (κ1) is 24.1. The number of hydrogen-bond acceptors (Lipinski definition) is 5. The first-order valence-corrected chi connectivity index (χ1v) is 9.88. The summed E-state index contributed by atoms with van der Waals surface area (Å²) in [7, 11) is 0. The van der Waals surface area contributed by atoms with Crippen LogP contribution in [0.25, 0.3) is 16.7 Å². The van der Waals surface area contributed by atoms with Gasteiger partial charge in [0.15, 0.2) is 0 Å². The molecule has 0 bridgehead atoms. The number of carboxylic acid groups (broad SMARTS) is 1. The van der Waals surface area contributed by atoms with Gasteiger partial charge in [-0.3, -0.25) is 4.79 Å². The number of rotatable bonds is 6. The second-order valence-corrected chi connectivity index (χ2v) is 7.56. The van der Waals surface area contributed by atoms with E-state index >= 15 is 0 Å². The van der Waals surface area contributed by atoms with Crippen molar-refractivity contribution in [3.63, 3.8) is 0 Å². The Morgan fingerprint density at radius 2 is 1.69 bits per heavy atom. The van der Waals surface area contributed by atoms with Crippen molar-refractivity contribution >= 4 is 16.9 Å². The highest BCUT2D eigenvalue weighted by atomic mass is 19.4. The van der Waals surface area contributed by atoms with Crippen LogP contribution < -0.4 is 4.74 Å². The lowest BCUT2D eigenvalue weighted by Gasteiger charge is -2.13. The predicted octanol–water partition coefficient (Wildman–Crippen LogP) is 5.57. The minimum Gasteiger partial charge on any atom is -0.487 e. The van der Waals surface area contributed by atoms with Gasteiger partial charge in [0.1, 0.15) is 23.6 Å². The largest absolute Gasteiger partial charge is 0.487 e. The second-order valence-electron chi connectivity index (χ2n) is 7.56. The molecule has 2 aromatic carbocycles. The molecule has 0 spiro atoms. The maximum Gasteiger partial charge on any atom is 0.416 e. The molecule has 0 unspecified atom stereocenters. The zero-order chi connectivity index (χ0) is 25.5. The molecule has 0 aliphatic rings. The zero-order valence-electron chi connectivity index (χ0n) is 17.7. The molecular weight excluding hydrogens is 484 g/mol. The first-order chi connectivity index (χ1) is 16.3. The lowest BCUT2D eigenvalue weighted by atomic mass is 10.1. The Morgan fingerprint density at radius 3 is 2.29 bits per heavy atom. The molecule has 0 amide bonds. The molecule has 35 heavy (non-hydrogen) atoms. The van der Waals surface area contributed by atoms with E-state index in [1.807, 2.05) is 0 Å². The number of aliphatic carboxylic acids is 1. The van der Waals surface area contributed by atoms with E-state index in [0.29, 0.717) is 39.2 Å². The predicted molar refractivity (Wildman–Crippen MR) is 108 cm³/mol. The molecule has 0 fully saturated rings. The monoisotopic (exact) mass is 499 g/mol. The van der Waals surface area contributed by atoms with Crippen molar-refractivity contribution < 1.29 is 45.4 Å². The molecule has 7 nitrogen and oxygen atoms in total. The Kier molecular flexibility index (Phi) is 5.95. The number of fused-ring (bicyclic) bond motifs is 1. The number of furan rings is 1. The van der Waals surface area contributed by atoms with Gasteiger partial charge >= 0.3 is 18.3 Å². The fourth-order valence-corrected chi connectivity index (χ4v) is 3.32.